The zero-order chi connectivity index (χ0) is 21.6. The zero-order valence-corrected chi connectivity index (χ0v) is 15.7. The van der Waals surface area contributed by atoms with Crippen molar-refractivity contribution in [2.45, 2.75) is 24.5 Å². The smallest absolute Gasteiger partial charge is 0.387 e. The van der Waals surface area contributed by atoms with Gasteiger partial charge in [0.2, 0.25) is 5.95 Å². The largest absolute Gasteiger partial charge is 0.515 e. The van der Waals surface area contributed by atoms with E-state index < -0.39 is 52.4 Å². The highest BCUT2D eigenvalue weighted by Gasteiger charge is 2.47. The van der Waals surface area contributed by atoms with Gasteiger partial charge in [0, 0.05) is 0 Å². The van der Waals surface area contributed by atoms with Crippen molar-refractivity contribution in [2.75, 3.05) is 12.3 Å². The molecule has 29 heavy (non-hydrogen) atoms. The standard InChI is InChI=1S/C10H14FN5O11P2/c11-26-29(23,27-28(20,21)22)24-1-3-5(17)6(18)9(25-3)16-2-13-4-7(16)14-10(12)15-8(4)19/h2-3,5-6,9,17-18H,1H2,(H2,20,21,22)(H3,12,14,15,19)/t3-,5?,6?,9-,29?/m1/s1. The maximum absolute atomic E-state index is 12.4. The third-order valence-corrected chi connectivity index (χ3v) is 6.04. The number of hydrogen-bond donors (Lipinski definition) is 6. The molecule has 2 aromatic heterocycles. The number of phosphoric acid groups is 2. The van der Waals surface area contributed by atoms with Crippen molar-refractivity contribution in [1.82, 2.24) is 19.5 Å². The Morgan fingerprint density at radius 1 is 1.34 bits per heavy atom. The number of H-pyrrole nitrogens is 1. The summed E-state index contributed by atoms with van der Waals surface area (Å²) < 4.78 is 52.1. The van der Waals surface area contributed by atoms with E-state index in [0.29, 0.717) is 0 Å². The molecular formula is C10H14FN5O11P2. The van der Waals surface area contributed by atoms with Gasteiger partial charge in [-0.25, -0.2) is 14.1 Å². The summed E-state index contributed by atoms with van der Waals surface area (Å²) in [5.41, 5.74) is 4.56. The van der Waals surface area contributed by atoms with Crippen LogP contribution in [0.5, 0.6) is 0 Å². The molecule has 3 unspecified atom stereocenters. The molecule has 0 aliphatic carbocycles. The van der Waals surface area contributed by atoms with Gasteiger partial charge in [-0.05, 0) is 4.53 Å². The lowest BCUT2D eigenvalue weighted by molar-refractivity contribution is -0.0740. The van der Waals surface area contributed by atoms with Crippen molar-refractivity contribution in [3.8, 4) is 0 Å². The van der Waals surface area contributed by atoms with Crippen molar-refractivity contribution in [3.05, 3.63) is 16.7 Å². The van der Waals surface area contributed by atoms with Crippen molar-refractivity contribution in [3.63, 3.8) is 0 Å². The topological polar surface area (TPSA) is 242 Å². The number of nitrogens with zero attached hydrogens (tertiary/aromatic N) is 3. The monoisotopic (exact) mass is 461 g/mol. The number of aliphatic hydroxyl groups is 2. The van der Waals surface area contributed by atoms with Gasteiger partial charge < -0.3 is 30.5 Å². The summed E-state index contributed by atoms with van der Waals surface area (Å²) in [7, 11) is -10.8. The molecule has 7 N–H and O–H groups in total. The van der Waals surface area contributed by atoms with Crippen molar-refractivity contribution >= 4 is 32.8 Å². The fourth-order valence-electron chi connectivity index (χ4n) is 2.58. The number of nitrogens with two attached hydrogens (primary N) is 1. The Morgan fingerprint density at radius 2 is 2.03 bits per heavy atom. The number of anilines is 1. The van der Waals surface area contributed by atoms with Crippen LogP contribution in [0.3, 0.4) is 0 Å². The molecule has 162 valence electrons. The Kier molecular flexibility index (Phi) is 5.90. The van der Waals surface area contributed by atoms with Crippen LogP contribution < -0.4 is 11.3 Å². The molecule has 0 bridgehead atoms. The van der Waals surface area contributed by atoms with Crippen molar-refractivity contribution < 1.29 is 52.0 Å². The first-order valence-corrected chi connectivity index (χ1v) is 10.5. The number of nitrogens with one attached hydrogen (secondary N) is 1. The molecule has 1 aliphatic rings. The molecular weight excluding hydrogens is 447 g/mol. The molecule has 0 radical (unpaired) electrons. The van der Waals surface area contributed by atoms with Crippen LogP contribution in [0.25, 0.3) is 11.2 Å². The lowest BCUT2D eigenvalue weighted by atomic mass is 10.1. The molecule has 0 spiro atoms. The van der Waals surface area contributed by atoms with Crippen LogP contribution in [0.1, 0.15) is 6.23 Å². The molecule has 19 heteroatoms. The predicted octanol–water partition coefficient (Wildman–Crippen LogP) is -1.54. The summed E-state index contributed by atoms with van der Waals surface area (Å²) in [6, 6.07) is 0. The summed E-state index contributed by atoms with van der Waals surface area (Å²) in [5, 5.41) is 20.3. The fraction of sp³-hybridized carbons (Fsp3) is 0.500. The highest BCUT2D eigenvalue weighted by Crippen LogP contribution is 2.61. The molecule has 3 rings (SSSR count). The summed E-state index contributed by atoms with van der Waals surface area (Å²) in [6.07, 6.45) is -5.17. The number of hydrogen-bond acceptors (Lipinski definition) is 12. The Morgan fingerprint density at radius 3 is 2.66 bits per heavy atom. The van der Waals surface area contributed by atoms with Gasteiger partial charge in [0.25, 0.3) is 5.56 Å². The van der Waals surface area contributed by atoms with Crippen LogP contribution in [-0.2, 0) is 27.4 Å². The minimum atomic E-state index is -5.45. The second-order valence-corrected chi connectivity index (χ2v) is 8.63. The Hall–Kier alpha value is -1.78. The molecule has 1 saturated heterocycles. The molecule has 1 fully saturated rings. The first kappa shape index (κ1) is 21.9. The molecule has 16 nitrogen and oxygen atoms in total. The maximum atomic E-state index is 12.4. The molecule has 0 amide bonds. The van der Waals surface area contributed by atoms with Gasteiger partial charge in [-0.15, -0.1) is 0 Å². The number of fused-ring (bicyclic) bond motifs is 1. The van der Waals surface area contributed by atoms with E-state index in [2.05, 4.69) is 28.5 Å². The van der Waals surface area contributed by atoms with E-state index in [-0.39, 0.29) is 17.1 Å². The predicted molar refractivity (Wildman–Crippen MR) is 87.4 cm³/mol. The van der Waals surface area contributed by atoms with E-state index in [9.17, 15) is 28.7 Å². The normalized spacial score (nSPS) is 27.3. The number of nitrogen functional groups attached to an aromatic ring is 1. The van der Waals surface area contributed by atoms with Gasteiger partial charge in [-0.2, -0.15) is 9.29 Å². The van der Waals surface area contributed by atoms with Gasteiger partial charge in [0.1, 0.15) is 18.3 Å². The summed E-state index contributed by atoms with van der Waals surface area (Å²) in [4.78, 5) is 38.9. The molecule has 1 aliphatic heterocycles. The number of aromatic amines is 1. The van der Waals surface area contributed by atoms with E-state index in [0.717, 1.165) is 10.9 Å². The Labute approximate surface area is 158 Å². The number of ether oxygens (including phenoxy) is 1. The lowest BCUT2D eigenvalue weighted by Crippen LogP contribution is -2.33. The molecule has 3 heterocycles. The van der Waals surface area contributed by atoms with E-state index in [1.54, 1.807) is 0 Å². The quantitative estimate of drug-likeness (QED) is 0.256. The number of imidazole rings is 1. The number of halogens is 1. The highest BCUT2D eigenvalue weighted by atomic mass is 31.3. The maximum Gasteiger partial charge on any atom is 0.515 e. The van der Waals surface area contributed by atoms with E-state index >= 15 is 0 Å². The average Bonchev–Trinajstić information content (AvgIpc) is 3.14. The van der Waals surface area contributed by atoms with Gasteiger partial charge >= 0.3 is 15.6 Å². The van der Waals surface area contributed by atoms with Crippen LogP contribution in [0.15, 0.2) is 11.1 Å². The minimum absolute atomic E-state index is 0.0911. The number of rotatable bonds is 7. The first-order valence-electron chi connectivity index (χ1n) is 7.50. The molecule has 0 saturated carbocycles. The third kappa shape index (κ3) is 4.54. The van der Waals surface area contributed by atoms with Crippen LogP contribution in [0, 0.1) is 0 Å². The Bertz CT molecular complexity index is 1050. The summed E-state index contributed by atoms with van der Waals surface area (Å²) in [5.74, 6) is -0.257. The average molecular weight is 461 g/mol. The van der Waals surface area contributed by atoms with Gasteiger partial charge in [0.15, 0.2) is 17.4 Å². The highest BCUT2D eigenvalue weighted by molar-refractivity contribution is 7.61. The van der Waals surface area contributed by atoms with Gasteiger partial charge in [-0.1, -0.05) is 4.73 Å². The summed E-state index contributed by atoms with van der Waals surface area (Å²) >= 11 is 0. The Balaban J connectivity index is 1.80. The molecule has 5 atom stereocenters. The van der Waals surface area contributed by atoms with Crippen LogP contribution in [-0.4, -0.2) is 64.4 Å². The van der Waals surface area contributed by atoms with E-state index in [1.807, 2.05) is 0 Å². The summed E-state index contributed by atoms with van der Waals surface area (Å²) in [6.45, 7) is -0.974. The van der Waals surface area contributed by atoms with Crippen LogP contribution >= 0.6 is 15.6 Å². The second-order valence-electron chi connectivity index (χ2n) is 5.71. The van der Waals surface area contributed by atoms with Gasteiger partial charge in [-0.3, -0.25) is 18.9 Å². The minimum Gasteiger partial charge on any atom is -0.387 e. The second kappa shape index (κ2) is 7.81. The van der Waals surface area contributed by atoms with Gasteiger partial charge in [0.05, 0.1) is 12.9 Å². The lowest BCUT2D eigenvalue weighted by Gasteiger charge is -2.18. The van der Waals surface area contributed by atoms with E-state index in [4.69, 9.17) is 20.3 Å². The molecule has 0 aromatic carbocycles. The van der Waals surface area contributed by atoms with Crippen molar-refractivity contribution in [1.29, 1.82) is 0 Å². The van der Waals surface area contributed by atoms with Crippen LogP contribution in [0.2, 0.25) is 0 Å². The zero-order valence-electron chi connectivity index (χ0n) is 13.9. The molecule has 2 aromatic rings. The van der Waals surface area contributed by atoms with E-state index in [1.165, 1.54) is 0 Å². The SMILES string of the molecule is Nc1nc2c(ncn2[C@@H]2O[C@H](COP(=O)(OF)OP(=O)(O)O)C(O)C2O)c(=O)[nH]1. The van der Waals surface area contributed by atoms with Crippen LogP contribution in [0.4, 0.5) is 10.5 Å². The first-order chi connectivity index (χ1) is 13.4. The van der Waals surface area contributed by atoms with Crippen molar-refractivity contribution in [2.24, 2.45) is 0 Å². The fourth-order valence-corrected chi connectivity index (χ4v) is 4.28. The number of aromatic nitrogens is 4. The number of aliphatic hydroxyl groups excluding tert-OH is 2. The third-order valence-electron chi connectivity index (χ3n) is 3.75.